The second-order valence-electron chi connectivity index (χ2n) is 9.04. The van der Waals surface area contributed by atoms with Gasteiger partial charge in [0.1, 0.15) is 25.7 Å². The van der Waals surface area contributed by atoms with Crippen LogP contribution in [0.2, 0.25) is 0 Å². The first-order valence-electron chi connectivity index (χ1n) is 12.5. The van der Waals surface area contributed by atoms with Gasteiger partial charge < -0.3 is 19.8 Å². The number of rotatable bonds is 21. The van der Waals surface area contributed by atoms with Gasteiger partial charge in [0.2, 0.25) is 0 Å². The Balaban J connectivity index is 0. The first kappa shape index (κ1) is 33.9. The van der Waals surface area contributed by atoms with E-state index in [0.717, 1.165) is 13.0 Å². The standard InChI is InChI=1S/C23H50NO3.H2O4S/c1-3-4-5-6-7-8-9-10-11-12-13-14-15-16-17-24(18-20-25,19-21-26)22-23(2)27;1-5(2,3)4/h23,25-27H,3-22H2,1-2H3;(H2,1,2,3,4)/q+1;. The summed E-state index contributed by atoms with van der Waals surface area (Å²) in [5.74, 6) is 0. The summed E-state index contributed by atoms with van der Waals surface area (Å²) in [4.78, 5) is 0. The number of quaternary nitrogens is 1. The van der Waals surface area contributed by atoms with Crippen molar-refractivity contribution in [1.82, 2.24) is 0 Å². The molecule has 0 aromatic carbocycles. The normalized spacial score (nSPS) is 13.0. The molecule has 0 aromatic heterocycles. The van der Waals surface area contributed by atoms with Gasteiger partial charge in [-0.1, -0.05) is 84.0 Å². The zero-order valence-electron chi connectivity index (χ0n) is 20.6. The van der Waals surface area contributed by atoms with E-state index in [2.05, 4.69) is 6.92 Å². The van der Waals surface area contributed by atoms with Crippen molar-refractivity contribution in [3.63, 3.8) is 0 Å². The zero-order chi connectivity index (χ0) is 24.7. The van der Waals surface area contributed by atoms with E-state index >= 15 is 0 Å². The van der Waals surface area contributed by atoms with Gasteiger partial charge in [0.15, 0.2) is 0 Å². The minimum absolute atomic E-state index is 0.116. The molecule has 8 nitrogen and oxygen atoms in total. The number of hydrogen-bond donors (Lipinski definition) is 5. The van der Waals surface area contributed by atoms with Gasteiger partial charge in [0, 0.05) is 0 Å². The summed E-state index contributed by atoms with van der Waals surface area (Å²) < 4.78 is 32.2. The van der Waals surface area contributed by atoms with E-state index in [9.17, 15) is 15.3 Å². The topological polar surface area (TPSA) is 135 Å². The van der Waals surface area contributed by atoms with Gasteiger partial charge in [0.25, 0.3) is 0 Å². The molecule has 5 N–H and O–H groups in total. The second-order valence-corrected chi connectivity index (χ2v) is 9.93. The molecule has 1 atom stereocenters. The fourth-order valence-electron chi connectivity index (χ4n) is 4.24. The predicted octanol–water partition coefficient (Wildman–Crippen LogP) is 4.00. The minimum Gasteiger partial charge on any atom is -0.391 e. The molecule has 0 saturated carbocycles. The van der Waals surface area contributed by atoms with Crippen molar-refractivity contribution < 1.29 is 37.3 Å². The summed E-state index contributed by atoms with van der Waals surface area (Å²) in [6, 6.07) is 0. The lowest BCUT2D eigenvalue weighted by molar-refractivity contribution is -0.931. The van der Waals surface area contributed by atoms with E-state index in [1.54, 1.807) is 6.92 Å². The van der Waals surface area contributed by atoms with Gasteiger partial charge in [0.05, 0.1) is 19.8 Å². The maximum atomic E-state index is 9.78. The van der Waals surface area contributed by atoms with Gasteiger partial charge in [-0.2, -0.15) is 8.42 Å². The van der Waals surface area contributed by atoms with Crippen molar-refractivity contribution in [3.05, 3.63) is 0 Å². The van der Waals surface area contributed by atoms with Crippen LogP contribution in [0.3, 0.4) is 0 Å². The Hall–Kier alpha value is -0.290. The highest BCUT2D eigenvalue weighted by molar-refractivity contribution is 7.79. The highest BCUT2D eigenvalue weighted by Gasteiger charge is 2.27. The number of aliphatic hydroxyl groups excluding tert-OH is 3. The zero-order valence-corrected chi connectivity index (χ0v) is 21.4. The molecule has 0 aliphatic rings. The number of unbranched alkanes of at least 4 members (excludes halogenated alkanes) is 13. The summed E-state index contributed by atoms with van der Waals surface area (Å²) in [6.07, 6.45) is 18.5. The van der Waals surface area contributed by atoms with Crippen molar-refractivity contribution in [2.75, 3.05) is 39.4 Å². The van der Waals surface area contributed by atoms with Gasteiger partial charge in [-0.25, -0.2) is 0 Å². The van der Waals surface area contributed by atoms with Crippen molar-refractivity contribution in [2.24, 2.45) is 0 Å². The molecule has 9 heteroatoms. The lowest BCUT2D eigenvalue weighted by Crippen LogP contribution is -2.55. The number of nitrogens with zero attached hydrogens (tertiary/aromatic N) is 1. The summed E-state index contributed by atoms with van der Waals surface area (Å²) in [7, 11) is -4.67. The van der Waals surface area contributed by atoms with Crippen LogP contribution in [-0.2, 0) is 10.4 Å². The van der Waals surface area contributed by atoms with Crippen LogP contribution in [0.4, 0.5) is 0 Å². The molecule has 0 heterocycles. The number of hydrogen-bond acceptors (Lipinski definition) is 5. The molecule has 0 amide bonds. The summed E-state index contributed by atoms with van der Waals surface area (Å²) in [5.41, 5.74) is 0. The third kappa shape index (κ3) is 27.7. The quantitative estimate of drug-likeness (QED) is 0.0940. The molecule has 0 aliphatic carbocycles. The van der Waals surface area contributed by atoms with Crippen LogP contribution in [0.25, 0.3) is 0 Å². The Morgan fingerprint density at radius 3 is 1.25 bits per heavy atom. The van der Waals surface area contributed by atoms with E-state index in [4.69, 9.17) is 17.5 Å². The van der Waals surface area contributed by atoms with Crippen molar-refractivity contribution in [3.8, 4) is 0 Å². The largest absolute Gasteiger partial charge is 0.394 e. The van der Waals surface area contributed by atoms with E-state index in [1.165, 1.54) is 83.5 Å². The highest BCUT2D eigenvalue weighted by atomic mass is 32.3. The Morgan fingerprint density at radius 2 is 0.969 bits per heavy atom. The first-order valence-corrected chi connectivity index (χ1v) is 13.9. The Kier molecular flexibility index (Phi) is 23.8. The fourth-order valence-corrected chi connectivity index (χ4v) is 4.24. The van der Waals surface area contributed by atoms with Crippen molar-refractivity contribution in [2.45, 2.75) is 110 Å². The summed E-state index contributed by atoms with van der Waals surface area (Å²) in [6.45, 7) is 7.14. The van der Waals surface area contributed by atoms with Crippen LogP contribution in [-0.4, -0.2) is 82.8 Å². The SMILES string of the molecule is CCCCCCCCCCCCCCCC[N+](CCO)(CCO)CC(C)O.O=S(=O)(O)O. The average Bonchev–Trinajstić information content (AvgIpc) is 2.67. The molecule has 0 aromatic rings. The van der Waals surface area contributed by atoms with E-state index < -0.39 is 16.5 Å². The van der Waals surface area contributed by atoms with Crippen LogP contribution >= 0.6 is 0 Å². The maximum absolute atomic E-state index is 9.78. The Labute approximate surface area is 197 Å². The molecule has 0 saturated heterocycles. The lowest BCUT2D eigenvalue weighted by atomic mass is 10.0. The van der Waals surface area contributed by atoms with Gasteiger partial charge in [-0.05, 0) is 19.8 Å². The summed E-state index contributed by atoms with van der Waals surface area (Å²) >= 11 is 0. The van der Waals surface area contributed by atoms with Crippen LogP contribution in [0.1, 0.15) is 104 Å². The van der Waals surface area contributed by atoms with E-state index in [-0.39, 0.29) is 13.2 Å². The van der Waals surface area contributed by atoms with E-state index in [1.807, 2.05) is 0 Å². The van der Waals surface area contributed by atoms with Crippen LogP contribution < -0.4 is 0 Å². The molecule has 196 valence electrons. The molecule has 0 aliphatic heterocycles. The van der Waals surface area contributed by atoms with Gasteiger partial charge >= 0.3 is 10.4 Å². The van der Waals surface area contributed by atoms with Crippen LogP contribution in [0, 0.1) is 0 Å². The molecular weight excluding hydrogens is 434 g/mol. The third-order valence-electron chi connectivity index (χ3n) is 5.79. The molecule has 0 fully saturated rings. The molecular formula is C23H52NO7S+. The molecule has 32 heavy (non-hydrogen) atoms. The van der Waals surface area contributed by atoms with Gasteiger partial charge in [-0.3, -0.25) is 9.11 Å². The minimum atomic E-state index is -4.67. The highest BCUT2D eigenvalue weighted by Crippen LogP contribution is 2.15. The molecule has 0 bridgehead atoms. The Morgan fingerprint density at radius 1 is 0.656 bits per heavy atom. The second kappa shape index (κ2) is 22.5. The van der Waals surface area contributed by atoms with Crippen LogP contribution in [0.15, 0.2) is 0 Å². The van der Waals surface area contributed by atoms with Gasteiger partial charge in [-0.15, -0.1) is 0 Å². The molecule has 0 rings (SSSR count). The number of aliphatic hydroxyl groups is 3. The molecule has 1 unspecified atom stereocenters. The van der Waals surface area contributed by atoms with E-state index in [0.29, 0.717) is 24.1 Å². The van der Waals surface area contributed by atoms with Crippen LogP contribution in [0.5, 0.6) is 0 Å². The third-order valence-corrected chi connectivity index (χ3v) is 5.79. The lowest BCUT2D eigenvalue weighted by Gasteiger charge is -2.39. The van der Waals surface area contributed by atoms with Crippen molar-refractivity contribution >= 4 is 10.4 Å². The monoisotopic (exact) mass is 486 g/mol. The Bertz CT molecular complexity index is 473. The predicted molar refractivity (Wildman–Crippen MR) is 130 cm³/mol. The van der Waals surface area contributed by atoms with Crippen molar-refractivity contribution in [1.29, 1.82) is 0 Å². The molecule has 0 radical (unpaired) electrons. The maximum Gasteiger partial charge on any atom is 0.394 e. The fraction of sp³-hybridized carbons (Fsp3) is 1.00. The average molecular weight is 487 g/mol. The first-order chi connectivity index (χ1) is 15.1. The smallest absolute Gasteiger partial charge is 0.391 e. The molecule has 0 spiro atoms. The summed E-state index contributed by atoms with van der Waals surface area (Å²) in [5, 5.41) is 28.5.